The molecule has 0 aliphatic carbocycles. The van der Waals surface area contributed by atoms with Gasteiger partial charge in [-0.05, 0) is 32.3 Å². The lowest BCUT2D eigenvalue weighted by atomic mass is 10.0. The van der Waals surface area contributed by atoms with E-state index in [2.05, 4.69) is 9.88 Å². The first kappa shape index (κ1) is 12.3. The van der Waals surface area contributed by atoms with Gasteiger partial charge in [-0.1, -0.05) is 6.07 Å². The Morgan fingerprint density at radius 2 is 2.35 bits per heavy atom. The van der Waals surface area contributed by atoms with Crippen molar-refractivity contribution in [3.05, 3.63) is 23.9 Å². The first-order valence-corrected chi connectivity index (χ1v) is 6.24. The number of aromatic nitrogens is 1. The summed E-state index contributed by atoms with van der Waals surface area (Å²) in [5, 5.41) is 19.2. The number of anilines is 1. The zero-order valence-corrected chi connectivity index (χ0v) is 10.2. The molecular weight excluding hydrogens is 216 g/mol. The van der Waals surface area contributed by atoms with Gasteiger partial charge in [-0.3, -0.25) is 0 Å². The van der Waals surface area contributed by atoms with E-state index in [4.69, 9.17) is 0 Å². The highest BCUT2D eigenvalue weighted by molar-refractivity contribution is 5.49. The van der Waals surface area contributed by atoms with E-state index < -0.39 is 6.10 Å². The summed E-state index contributed by atoms with van der Waals surface area (Å²) in [7, 11) is 0. The van der Waals surface area contributed by atoms with Crippen LogP contribution in [0.1, 0.15) is 37.9 Å². The molecule has 4 nitrogen and oxygen atoms in total. The van der Waals surface area contributed by atoms with Gasteiger partial charge in [0.05, 0.1) is 18.8 Å². The fraction of sp³-hybridized carbons (Fsp3) is 0.615. The van der Waals surface area contributed by atoms with Gasteiger partial charge in [-0.15, -0.1) is 0 Å². The maximum absolute atomic E-state index is 9.76. The van der Waals surface area contributed by atoms with Crippen molar-refractivity contribution in [3.8, 4) is 0 Å². The highest BCUT2D eigenvalue weighted by atomic mass is 16.3. The van der Waals surface area contributed by atoms with Crippen LogP contribution in [0.5, 0.6) is 0 Å². The molecule has 17 heavy (non-hydrogen) atoms. The molecular formula is C13H20N2O2. The molecule has 0 bridgehead atoms. The molecule has 1 aromatic rings. The van der Waals surface area contributed by atoms with Crippen LogP contribution in [0.15, 0.2) is 18.3 Å². The fourth-order valence-corrected chi connectivity index (χ4v) is 2.44. The molecule has 0 radical (unpaired) electrons. The van der Waals surface area contributed by atoms with E-state index in [1.807, 2.05) is 12.1 Å². The zero-order chi connectivity index (χ0) is 12.3. The highest BCUT2D eigenvalue weighted by Crippen LogP contribution is 2.29. The fourth-order valence-electron chi connectivity index (χ4n) is 2.44. The topological polar surface area (TPSA) is 56.6 Å². The van der Waals surface area contributed by atoms with Gasteiger partial charge in [-0.2, -0.15) is 0 Å². The minimum Gasteiger partial charge on any atom is -0.394 e. The Kier molecular flexibility index (Phi) is 3.97. The number of nitrogens with zero attached hydrogens (tertiary/aromatic N) is 2. The summed E-state index contributed by atoms with van der Waals surface area (Å²) in [6, 6.07) is 3.87. The molecule has 2 heterocycles. The van der Waals surface area contributed by atoms with E-state index in [0.717, 1.165) is 37.2 Å². The van der Waals surface area contributed by atoms with E-state index in [1.165, 1.54) is 0 Å². The molecule has 1 aliphatic rings. The quantitative estimate of drug-likeness (QED) is 0.834. The van der Waals surface area contributed by atoms with Gasteiger partial charge in [0.1, 0.15) is 5.82 Å². The lowest BCUT2D eigenvalue weighted by Crippen LogP contribution is -2.43. The molecule has 1 aromatic heterocycles. The van der Waals surface area contributed by atoms with Crippen LogP contribution in [-0.2, 0) is 0 Å². The van der Waals surface area contributed by atoms with Crippen LogP contribution in [-0.4, -0.2) is 34.4 Å². The lowest BCUT2D eigenvalue weighted by molar-refractivity contribution is 0.197. The maximum atomic E-state index is 9.76. The number of piperidine rings is 1. The molecule has 0 aromatic carbocycles. The number of hydrogen-bond donors (Lipinski definition) is 2. The molecule has 94 valence electrons. The first-order valence-electron chi connectivity index (χ1n) is 6.24. The van der Waals surface area contributed by atoms with Crippen molar-refractivity contribution >= 4 is 5.82 Å². The first-order chi connectivity index (χ1) is 8.24. The minimum atomic E-state index is -0.528. The predicted molar refractivity (Wildman–Crippen MR) is 66.9 cm³/mol. The van der Waals surface area contributed by atoms with Crippen LogP contribution < -0.4 is 4.90 Å². The normalized spacial score (nSPS) is 22.5. The molecule has 0 spiro atoms. The molecule has 2 rings (SSSR count). The number of pyridine rings is 1. The van der Waals surface area contributed by atoms with Crippen molar-refractivity contribution in [1.29, 1.82) is 0 Å². The van der Waals surface area contributed by atoms with Gasteiger partial charge in [0, 0.05) is 18.3 Å². The summed E-state index contributed by atoms with van der Waals surface area (Å²) in [5.41, 5.74) is 0.841. The molecule has 0 saturated carbocycles. The van der Waals surface area contributed by atoms with Crippen LogP contribution >= 0.6 is 0 Å². The lowest BCUT2D eigenvalue weighted by Gasteiger charge is -2.36. The van der Waals surface area contributed by atoms with Crippen LogP contribution in [0.25, 0.3) is 0 Å². The molecule has 2 atom stereocenters. The zero-order valence-electron chi connectivity index (χ0n) is 10.2. The van der Waals surface area contributed by atoms with E-state index in [1.54, 1.807) is 13.1 Å². The van der Waals surface area contributed by atoms with E-state index >= 15 is 0 Å². The van der Waals surface area contributed by atoms with Gasteiger partial charge in [0.15, 0.2) is 0 Å². The van der Waals surface area contributed by atoms with Gasteiger partial charge >= 0.3 is 0 Å². The Hall–Kier alpha value is -1.13. The third kappa shape index (κ3) is 2.58. The van der Waals surface area contributed by atoms with Crippen LogP contribution in [0.4, 0.5) is 5.82 Å². The summed E-state index contributed by atoms with van der Waals surface area (Å²) in [6.45, 7) is 2.80. The van der Waals surface area contributed by atoms with Gasteiger partial charge in [0.2, 0.25) is 0 Å². The SMILES string of the molecule is C[C@@H](O)c1cccnc1N1CCCCC1CO. The molecule has 0 amide bonds. The van der Waals surface area contributed by atoms with E-state index in [-0.39, 0.29) is 12.6 Å². The standard InChI is InChI=1S/C13H20N2O2/c1-10(17)12-6-4-7-14-13(12)15-8-3-2-5-11(15)9-16/h4,6-7,10-11,16-17H,2-3,5,8-9H2,1H3/t10-,11?/m1/s1. The van der Waals surface area contributed by atoms with Crippen LogP contribution in [0, 0.1) is 0 Å². The van der Waals surface area contributed by atoms with Crippen molar-refractivity contribution < 1.29 is 10.2 Å². The van der Waals surface area contributed by atoms with Crippen molar-refractivity contribution in [2.24, 2.45) is 0 Å². The van der Waals surface area contributed by atoms with Gasteiger partial charge < -0.3 is 15.1 Å². The molecule has 2 N–H and O–H groups in total. The largest absolute Gasteiger partial charge is 0.394 e. The Balaban J connectivity index is 2.31. The van der Waals surface area contributed by atoms with Crippen LogP contribution in [0.2, 0.25) is 0 Å². The second-order valence-corrected chi connectivity index (χ2v) is 4.62. The third-order valence-electron chi connectivity index (χ3n) is 3.38. The van der Waals surface area contributed by atoms with Gasteiger partial charge in [-0.25, -0.2) is 4.98 Å². The summed E-state index contributed by atoms with van der Waals surface area (Å²) < 4.78 is 0. The Morgan fingerprint density at radius 3 is 3.06 bits per heavy atom. The molecule has 1 fully saturated rings. The highest BCUT2D eigenvalue weighted by Gasteiger charge is 2.25. The summed E-state index contributed by atoms with van der Waals surface area (Å²) >= 11 is 0. The van der Waals surface area contributed by atoms with E-state index in [9.17, 15) is 10.2 Å². The van der Waals surface area contributed by atoms with Crippen molar-refractivity contribution in [3.63, 3.8) is 0 Å². The van der Waals surface area contributed by atoms with Crippen LogP contribution in [0.3, 0.4) is 0 Å². The van der Waals surface area contributed by atoms with Crippen molar-refractivity contribution in [2.75, 3.05) is 18.1 Å². The summed E-state index contributed by atoms with van der Waals surface area (Å²) in [5.74, 6) is 0.821. The molecule has 1 aliphatic heterocycles. The average molecular weight is 236 g/mol. The number of hydrogen-bond acceptors (Lipinski definition) is 4. The number of aliphatic hydroxyl groups is 2. The summed E-state index contributed by atoms with van der Waals surface area (Å²) in [4.78, 5) is 6.51. The van der Waals surface area contributed by atoms with Gasteiger partial charge in [0.25, 0.3) is 0 Å². The second-order valence-electron chi connectivity index (χ2n) is 4.62. The maximum Gasteiger partial charge on any atom is 0.134 e. The minimum absolute atomic E-state index is 0.135. The Morgan fingerprint density at radius 1 is 1.53 bits per heavy atom. The Bertz CT molecular complexity index is 368. The predicted octanol–water partition coefficient (Wildman–Crippen LogP) is 1.49. The third-order valence-corrected chi connectivity index (χ3v) is 3.38. The smallest absolute Gasteiger partial charge is 0.134 e. The Labute approximate surface area is 102 Å². The number of aliphatic hydroxyl groups excluding tert-OH is 2. The monoisotopic (exact) mass is 236 g/mol. The second kappa shape index (κ2) is 5.47. The molecule has 4 heteroatoms. The number of rotatable bonds is 3. The average Bonchev–Trinajstić information content (AvgIpc) is 2.38. The van der Waals surface area contributed by atoms with E-state index in [0.29, 0.717) is 0 Å². The summed E-state index contributed by atoms with van der Waals surface area (Å²) in [6.07, 6.45) is 4.47. The van der Waals surface area contributed by atoms with Crippen molar-refractivity contribution in [2.45, 2.75) is 38.3 Å². The molecule has 1 saturated heterocycles. The molecule has 1 unspecified atom stereocenters. The van der Waals surface area contributed by atoms with Crippen molar-refractivity contribution in [1.82, 2.24) is 4.98 Å².